The maximum atomic E-state index is 12.1. The van der Waals surface area contributed by atoms with Crippen molar-refractivity contribution in [2.75, 3.05) is 20.3 Å². The van der Waals surface area contributed by atoms with Crippen LogP contribution in [0.25, 0.3) is 0 Å². The first-order valence-electron chi connectivity index (χ1n) is 8.01. The Morgan fingerprint density at radius 1 is 1.23 bits per heavy atom. The van der Waals surface area contributed by atoms with Crippen LogP contribution in [0, 0.1) is 0 Å². The Morgan fingerprint density at radius 2 is 2.00 bits per heavy atom. The van der Waals surface area contributed by atoms with Crippen LogP contribution in [0.5, 0.6) is 11.5 Å². The zero-order chi connectivity index (χ0) is 18.5. The van der Waals surface area contributed by atoms with Gasteiger partial charge in [-0.15, -0.1) is 0 Å². The summed E-state index contributed by atoms with van der Waals surface area (Å²) in [5.41, 5.74) is -0.195. The van der Waals surface area contributed by atoms with Gasteiger partial charge in [0.15, 0.2) is 11.5 Å². The lowest BCUT2D eigenvalue weighted by atomic mass is 10.2. The first kappa shape index (κ1) is 17.5. The number of para-hydroxylation sites is 2. The number of benzene rings is 1. The molecule has 0 aliphatic carbocycles. The number of esters is 1. The van der Waals surface area contributed by atoms with Crippen molar-refractivity contribution in [1.82, 2.24) is 9.88 Å². The molecule has 1 aliphatic rings. The number of carbonyl (C=O) groups excluding carboxylic acids is 2. The van der Waals surface area contributed by atoms with E-state index in [-0.39, 0.29) is 36.2 Å². The van der Waals surface area contributed by atoms with Gasteiger partial charge in [-0.2, -0.15) is 0 Å². The fourth-order valence-electron chi connectivity index (χ4n) is 2.50. The van der Waals surface area contributed by atoms with Crippen molar-refractivity contribution in [2.24, 2.45) is 0 Å². The highest BCUT2D eigenvalue weighted by atomic mass is 16.6. The number of amides is 1. The number of ether oxygens (including phenoxy) is 3. The highest BCUT2D eigenvalue weighted by Gasteiger charge is 2.21. The lowest BCUT2D eigenvalue weighted by Crippen LogP contribution is -2.42. The van der Waals surface area contributed by atoms with E-state index in [1.165, 1.54) is 25.4 Å². The molecule has 8 heteroatoms. The summed E-state index contributed by atoms with van der Waals surface area (Å²) in [6.45, 7) is 0.335. The third-order valence-corrected chi connectivity index (χ3v) is 3.81. The lowest BCUT2D eigenvalue weighted by Gasteiger charge is -2.26. The van der Waals surface area contributed by atoms with E-state index >= 15 is 0 Å². The smallest absolute Gasteiger partial charge is 0.339 e. The van der Waals surface area contributed by atoms with Crippen LogP contribution >= 0.6 is 0 Å². The first-order chi connectivity index (χ1) is 12.6. The molecule has 0 radical (unpaired) electrons. The summed E-state index contributed by atoms with van der Waals surface area (Å²) in [5, 5.41) is 2.70. The van der Waals surface area contributed by atoms with Gasteiger partial charge in [0.2, 0.25) is 5.91 Å². The molecular formula is C18H18N2O6. The minimum Gasteiger partial charge on any atom is -0.486 e. The van der Waals surface area contributed by atoms with Crippen LogP contribution in [0.4, 0.5) is 0 Å². The van der Waals surface area contributed by atoms with Crippen LogP contribution in [-0.4, -0.2) is 42.8 Å². The Balaban J connectivity index is 1.57. The number of nitrogens with zero attached hydrogens (tertiary/aromatic N) is 1. The zero-order valence-corrected chi connectivity index (χ0v) is 14.1. The van der Waals surface area contributed by atoms with Gasteiger partial charge in [0.25, 0.3) is 5.56 Å². The maximum Gasteiger partial charge on any atom is 0.339 e. The standard InChI is InChI=1S/C18H18N2O6/c1-24-18(23)12-6-7-17(22)20(9-12)10-16(21)19-8-13-11-25-14-4-2-3-5-15(14)26-13/h2-7,9,13H,8,10-11H2,1H3,(H,19,21). The molecule has 26 heavy (non-hydrogen) atoms. The molecule has 0 spiro atoms. The van der Waals surface area contributed by atoms with E-state index in [2.05, 4.69) is 10.1 Å². The summed E-state index contributed by atoms with van der Waals surface area (Å²) in [4.78, 5) is 35.5. The second-order valence-electron chi connectivity index (χ2n) is 5.68. The molecular weight excluding hydrogens is 340 g/mol. The third-order valence-electron chi connectivity index (χ3n) is 3.81. The van der Waals surface area contributed by atoms with E-state index in [9.17, 15) is 14.4 Å². The van der Waals surface area contributed by atoms with Crippen molar-refractivity contribution in [3.05, 3.63) is 58.5 Å². The number of pyridine rings is 1. The number of fused-ring (bicyclic) bond motifs is 1. The van der Waals surface area contributed by atoms with Crippen molar-refractivity contribution in [3.8, 4) is 11.5 Å². The van der Waals surface area contributed by atoms with Gasteiger partial charge in [0, 0.05) is 12.3 Å². The van der Waals surface area contributed by atoms with Crippen LogP contribution < -0.4 is 20.3 Å². The number of carbonyl (C=O) groups is 2. The van der Waals surface area contributed by atoms with E-state index in [0.717, 1.165) is 4.57 Å². The fourth-order valence-corrected chi connectivity index (χ4v) is 2.50. The van der Waals surface area contributed by atoms with Gasteiger partial charge >= 0.3 is 5.97 Å². The van der Waals surface area contributed by atoms with Crippen LogP contribution in [0.2, 0.25) is 0 Å². The average Bonchev–Trinajstić information content (AvgIpc) is 2.67. The molecule has 0 saturated carbocycles. The summed E-state index contributed by atoms with van der Waals surface area (Å²) >= 11 is 0. The molecule has 0 fully saturated rings. The summed E-state index contributed by atoms with van der Waals surface area (Å²) < 4.78 is 17.1. The van der Waals surface area contributed by atoms with E-state index in [1.807, 2.05) is 18.2 Å². The molecule has 2 heterocycles. The molecule has 1 aromatic heterocycles. The predicted octanol–water partition coefficient (Wildman–Crippen LogP) is 0.591. The number of nitrogens with one attached hydrogen (secondary N) is 1. The average molecular weight is 358 g/mol. The zero-order valence-electron chi connectivity index (χ0n) is 14.1. The molecule has 136 valence electrons. The first-order valence-corrected chi connectivity index (χ1v) is 8.01. The molecule has 1 aromatic carbocycles. The Kier molecular flexibility index (Phi) is 5.21. The van der Waals surface area contributed by atoms with E-state index in [0.29, 0.717) is 18.1 Å². The molecule has 1 amide bonds. The molecule has 0 saturated heterocycles. The molecule has 3 rings (SSSR count). The summed E-state index contributed by atoms with van der Waals surface area (Å²) in [6, 6.07) is 9.86. The molecule has 2 aromatic rings. The largest absolute Gasteiger partial charge is 0.486 e. The highest BCUT2D eigenvalue weighted by Crippen LogP contribution is 2.30. The topological polar surface area (TPSA) is 95.9 Å². The minimum atomic E-state index is -0.578. The van der Waals surface area contributed by atoms with Crippen LogP contribution in [0.15, 0.2) is 47.4 Å². The number of hydrogen-bond donors (Lipinski definition) is 1. The second kappa shape index (κ2) is 7.73. The lowest BCUT2D eigenvalue weighted by molar-refractivity contribution is -0.122. The molecule has 1 unspecified atom stereocenters. The number of aromatic nitrogens is 1. The number of hydrogen-bond acceptors (Lipinski definition) is 6. The predicted molar refractivity (Wildman–Crippen MR) is 91.4 cm³/mol. The Bertz CT molecular complexity index is 876. The van der Waals surface area contributed by atoms with Gasteiger partial charge in [0.05, 0.1) is 19.2 Å². The number of methoxy groups -OCH3 is 1. The van der Waals surface area contributed by atoms with Crippen LogP contribution in [-0.2, 0) is 16.1 Å². The highest BCUT2D eigenvalue weighted by molar-refractivity contribution is 5.89. The molecule has 0 bridgehead atoms. The second-order valence-corrected chi connectivity index (χ2v) is 5.68. The van der Waals surface area contributed by atoms with Crippen molar-refractivity contribution >= 4 is 11.9 Å². The van der Waals surface area contributed by atoms with Crippen molar-refractivity contribution < 1.29 is 23.8 Å². The SMILES string of the molecule is COC(=O)c1ccc(=O)n(CC(=O)NCC2COc3ccccc3O2)c1. The molecule has 1 atom stereocenters. The maximum absolute atomic E-state index is 12.1. The van der Waals surface area contributed by atoms with E-state index in [4.69, 9.17) is 9.47 Å². The fraction of sp³-hybridized carbons (Fsp3) is 0.278. The van der Waals surface area contributed by atoms with Gasteiger partial charge in [-0.25, -0.2) is 4.79 Å². The quantitative estimate of drug-likeness (QED) is 0.786. The van der Waals surface area contributed by atoms with Gasteiger partial charge in [-0.1, -0.05) is 12.1 Å². The van der Waals surface area contributed by atoms with Gasteiger partial charge in [-0.3, -0.25) is 9.59 Å². The summed E-state index contributed by atoms with van der Waals surface area (Å²) in [5.74, 6) is 0.336. The Labute approximate surface area is 149 Å². The number of rotatable bonds is 5. The minimum absolute atomic E-state index is 0.195. The Morgan fingerprint density at radius 3 is 2.77 bits per heavy atom. The van der Waals surface area contributed by atoms with Crippen molar-refractivity contribution in [3.63, 3.8) is 0 Å². The normalized spacial score (nSPS) is 15.2. The van der Waals surface area contributed by atoms with Crippen LogP contribution in [0.1, 0.15) is 10.4 Å². The van der Waals surface area contributed by atoms with Gasteiger partial charge in [0.1, 0.15) is 19.3 Å². The molecule has 8 nitrogen and oxygen atoms in total. The van der Waals surface area contributed by atoms with Gasteiger partial charge < -0.3 is 24.1 Å². The third kappa shape index (κ3) is 4.02. The van der Waals surface area contributed by atoms with Gasteiger partial charge in [-0.05, 0) is 18.2 Å². The molecule has 1 N–H and O–H groups in total. The van der Waals surface area contributed by atoms with E-state index < -0.39 is 5.97 Å². The van der Waals surface area contributed by atoms with Crippen molar-refractivity contribution in [2.45, 2.75) is 12.6 Å². The molecule has 1 aliphatic heterocycles. The van der Waals surface area contributed by atoms with E-state index in [1.54, 1.807) is 6.07 Å². The summed E-state index contributed by atoms with van der Waals surface area (Å²) in [6.07, 6.45) is 0.969. The van der Waals surface area contributed by atoms with Crippen LogP contribution in [0.3, 0.4) is 0 Å². The Hall–Kier alpha value is -3.29. The monoisotopic (exact) mass is 358 g/mol. The summed E-state index contributed by atoms with van der Waals surface area (Å²) in [7, 11) is 1.24. The van der Waals surface area contributed by atoms with Crippen molar-refractivity contribution in [1.29, 1.82) is 0 Å².